The first-order valence-electron chi connectivity index (χ1n) is 16.6. The van der Waals surface area contributed by atoms with E-state index >= 15 is 0 Å². The minimum Gasteiger partial charge on any atom is -0.463 e. The maximum absolute atomic E-state index is 11.8. The summed E-state index contributed by atoms with van der Waals surface area (Å²) in [5, 5.41) is 9.73. The van der Waals surface area contributed by atoms with E-state index in [1.165, 1.54) is 128 Å². The zero-order chi connectivity index (χ0) is 29.6. The van der Waals surface area contributed by atoms with E-state index in [0.29, 0.717) is 6.42 Å². The lowest BCUT2D eigenvalue weighted by Crippen LogP contribution is -2.23. The number of hydrogen-bond acceptors (Lipinski definition) is 7. The number of unbranched alkanes of at least 4 members (excludes halogenated alkanes) is 22. The number of phosphoric ester groups is 1. The number of phosphoric acid groups is 1. The second-order valence-corrected chi connectivity index (χ2v) is 12.7. The Labute approximate surface area is 246 Å². The topological polar surface area (TPSA) is 128 Å². The van der Waals surface area contributed by atoms with Gasteiger partial charge in [0.2, 0.25) is 0 Å². The third kappa shape index (κ3) is 30.5. The van der Waals surface area contributed by atoms with Crippen molar-refractivity contribution in [2.45, 2.75) is 167 Å². The van der Waals surface area contributed by atoms with E-state index in [9.17, 15) is 19.4 Å². The van der Waals surface area contributed by atoms with Gasteiger partial charge in [-0.2, -0.15) is 0 Å². The van der Waals surface area contributed by atoms with Gasteiger partial charge in [0.05, 0.1) is 13.2 Å². The summed E-state index contributed by atoms with van der Waals surface area (Å²) >= 11 is 0. The second kappa shape index (κ2) is 30.0. The molecule has 0 aliphatic heterocycles. The van der Waals surface area contributed by atoms with Gasteiger partial charge in [0.25, 0.3) is 0 Å². The number of aliphatic hydroxyl groups is 1. The van der Waals surface area contributed by atoms with E-state index in [1.54, 1.807) is 0 Å². The molecule has 2 unspecified atom stereocenters. The van der Waals surface area contributed by atoms with Crippen LogP contribution in [0.1, 0.15) is 161 Å². The molecule has 0 saturated carbocycles. The summed E-state index contributed by atoms with van der Waals surface area (Å²) < 4.78 is 25.7. The molecule has 8 nitrogen and oxygen atoms in total. The van der Waals surface area contributed by atoms with Crippen molar-refractivity contribution in [1.82, 2.24) is 0 Å². The summed E-state index contributed by atoms with van der Waals surface area (Å²) in [7, 11) is -4.24. The van der Waals surface area contributed by atoms with E-state index in [2.05, 4.69) is 16.0 Å². The Kier molecular flexibility index (Phi) is 29.6. The predicted octanol–water partition coefficient (Wildman–Crippen LogP) is 8.37. The minimum absolute atomic E-state index is 0.0770. The Morgan fingerprint density at radius 2 is 1.02 bits per heavy atom. The summed E-state index contributed by atoms with van der Waals surface area (Å²) in [4.78, 5) is 21.1. The lowest BCUT2D eigenvalue weighted by molar-refractivity contribution is -0.147. The third-order valence-electron chi connectivity index (χ3n) is 7.22. The molecule has 0 bridgehead atoms. The summed E-state index contributed by atoms with van der Waals surface area (Å²) in [6.45, 7) is 1.48. The molecule has 240 valence electrons. The highest BCUT2D eigenvalue weighted by molar-refractivity contribution is 7.47. The van der Waals surface area contributed by atoms with Gasteiger partial charge in [-0.25, -0.2) is 4.57 Å². The molecule has 4 N–H and O–H groups in total. The van der Waals surface area contributed by atoms with Crippen LogP contribution in [0, 0.1) is 0 Å². The Morgan fingerprint density at radius 1 is 0.650 bits per heavy atom. The molecule has 0 spiro atoms. The molecular weight excluding hydrogens is 529 g/mol. The van der Waals surface area contributed by atoms with Crippen LogP contribution in [-0.4, -0.2) is 48.4 Å². The Balaban J connectivity index is 3.30. The molecule has 2 atom stereocenters. The van der Waals surface area contributed by atoms with E-state index < -0.39 is 20.5 Å². The van der Waals surface area contributed by atoms with Gasteiger partial charge in [0, 0.05) is 13.0 Å². The number of carbonyl (C=O) groups is 1. The van der Waals surface area contributed by atoms with Crippen molar-refractivity contribution in [2.75, 3.05) is 26.4 Å². The summed E-state index contributed by atoms with van der Waals surface area (Å²) in [6.07, 6.45) is 29.7. The van der Waals surface area contributed by atoms with Crippen molar-refractivity contribution in [3.63, 3.8) is 0 Å². The molecule has 40 heavy (non-hydrogen) atoms. The molecule has 0 aromatic rings. The van der Waals surface area contributed by atoms with Crippen LogP contribution in [0.4, 0.5) is 0 Å². The Hall–Kier alpha value is -0.500. The largest absolute Gasteiger partial charge is 0.472 e. The van der Waals surface area contributed by atoms with E-state index in [0.717, 1.165) is 19.3 Å². The molecule has 0 saturated heterocycles. The number of carbonyl (C=O) groups excluding carboxylic acids is 1. The number of aliphatic hydroxyl groups excluding tert-OH is 1. The summed E-state index contributed by atoms with van der Waals surface area (Å²) in [5.74, 6) is -0.380. The van der Waals surface area contributed by atoms with Crippen LogP contribution in [0.5, 0.6) is 0 Å². The molecule has 9 heteroatoms. The van der Waals surface area contributed by atoms with Gasteiger partial charge in [-0.3, -0.25) is 13.8 Å². The van der Waals surface area contributed by atoms with Crippen molar-refractivity contribution < 1.29 is 33.1 Å². The highest BCUT2D eigenvalue weighted by Crippen LogP contribution is 2.42. The van der Waals surface area contributed by atoms with Gasteiger partial charge in [-0.1, -0.05) is 148 Å². The second-order valence-electron chi connectivity index (χ2n) is 11.3. The SMILES string of the molecule is CCCCCCCCCCCCCCCCCCCCCCCCCC(=O)OCC(O)COP(=O)(O)OCCN. The molecule has 0 heterocycles. The van der Waals surface area contributed by atoms with Crippen molar-refractivity contribution in [3.05, 3.63) is 0 Å². The molecule has 0 fully saturated rings. The zero-order valence-corrected chi connectivity index (χ0v) is 26.7. The zero-order valence-electron chi connectivity index (χ0n) is 25.8. The maximum Gasteiger partial charge on any atom is 0.472 e. The lowest BCUT2D eigenvalue weighted by atomic mass is 10.0. The van der Waals surface area contributed by atoms with Crippen molar-refractivity contribution in [1.29, 1.82) is 0 Å². The Bertz CT molecular complexity index is 594. The quantitative estimate of drug-likeness (QED) is 0.0403. The number of rotatable bonds is 32. The lowest BCUT2D eigenvalue weighted by Gasteiger charge is -2.15. The molecule has 0 aliphatic carbocycles. The standard InChI is InChI=1S/C31H64NO7P/c1-2-3-4-5-6-7-8-9-10-11-12-13-14-15-16-17-18-19-20-21-22-23-24-25-31(34)37-28-30(33)29-39-40(35,36)38-27-26-32/h30,33H,2-29,32H2,1H3,(H,35,36). The molecular formula is C31H64NO7P. The number of esters is 1. The van der Waals surface area contributed by atoms with Gasteiger partial charge in [0.1, 0.15) is 12.7 Å². The van der Waals surface area contributed by atoms with Crippen LogP contribution in [-0.2, 0) is 23.1 Å². The number of nitrogens with two attached hydrogens (primary N) is 1. The summed E-state index contributed by atoms with van der Waals surface area (Å²) in [5.41, 5.74) is 5.19. The van der Waals surface area contributed by atoms with Gasteiger partial charge in [-0.15, -0.1) is 0 Å². The molecule has 0 amide bonds. The van der Waals surface area contributed by atoms with E-state index in [4.69, 9.17) is 10.5 Å². The van der Waals surface area contributed by atoms with Crippen molar-refractivity contribution in [2.24, 2.45) is 5.73 Å². The molecule has 0 radical (unpaired) electrons. The van der Waals surface area contributed by atoms with Gasteiger partial charge >= 0.3 is 13.8 Å². The fraction of sp³-hybridized carbons (Fsp3) is 0.968. The molecule has 0 aromatic heterocycles. The fourth-order valence-corrected chi connectivity index (χ4v) is 5.52. The first-order valence-corrected chi connectivity index (χ1v) is 18.1. The van der Waals surface area contributed by atoms with Gasteiger partial charge < -0.3 is 20.5 Å². The maximum atomic E-state index is 11.8. The van der Waals surface area contributed by atoms with Crippen LogP contribution in [0.25, 0.3) is 0 Å². The van der Waals surface area contributed by atoms with E-state index in [-0.39, 0.29) is 25.7 Å². The van der Waals surface area contributed by atoms with Crippen LogP contribution in [0.2, 0.25) is 0 Å². The predicted molar refractivity (Wildman–Crippen MR) is 164 cm³/mol. The average molecular weight is 594 g/mol. The van der Waals surface area contributed by atoms with Crippen LogP contribution >= 0.6 is 7.82 Å². The Morgan fingerprint density at radius 3 is 1.40 bits per heavy atom. The van der Waals surface area contributed by atoms with Gasteiger partial charge in [0.15, 0.2) is 0 Å². The minimum atomic E-state index is -4.24. The molecule has 0 aromatic carbocycles. The normalized spacial score (nSPS) is 13.8. The highest BCUT2D eigenvalue weighted by Gasteiger charge is 2.22. The van der Waals surface area contributed by atoms with Crippen LogP contribution in [0.15, 0.2) is 0 Å². The number of hydrogen-bond donors (Lipinski definition) is 3. The summed E-state index contributed by atoms with van der Waals surface area (Å²) in [6, 6.07) is 0. The van der Waals surface area contributed by atoms with Crippen molar-refractivity contribution in [3.8, 4) is 0 Å². The fourth-order valence-electron chi connectivity index (χ4n) is 4.75. The van der Waals surface area contributed by atoms with Gasteiger partial charge in [-0.05, 0) is 6.42 Å². The first-order chi connectivity index (χ1) is 19.4. The molecule has 0 rings (SSSR count). The molecule has 0 aliphatic rings. The van der Waals surface area contributed by atoms with Crippen LogP contribution in [0.3, 0.4) is 0 Å². The smallest absolute Gasteiger partial charge is 0.463 e. The third-order valence-corrected chi connectivity index (χ3v) is 8.21. The number of ether oxygens (including phenoxy) is 1. The highest BCUT2D eigenvalue weighted by atomic mass is 31.2. The monoisotopic (exact) mass is 593 g/mol. The van der Waals surface area contributed by atoms with Crippen LogP contribution < -0.4 is 5.73 Å². The van der Waals surface area contributed by atoms with Crippen molar-refractivity contribution >= 4 is 13.8 Å². The first kappa shape index (κ1) is 39.5. The van der Waals surface area contributed by atoms with E-state index in [1.807, 2.05) is 0 Å². The average Bonchev–Trinajstić information content (AvgIpc) is 2.94.